The molecule has 21 heavy (non-hydrogen) atoms. The lowest BCUT2D eigenvalue weighted by Crippen LogP contribution is -2.32. The number of benzene rings is 1. The van der Waals surface area contributed by atoms with Gasteiger partial charge in [-0.2, -0.15) is 4.98 Å². The topological polar surface area (TPSA) is 103 Å². The molecule has 1 heterocycles. The molecule has 3 N–H and O–H groups in total. The van der Waals surface area contributed by atoms with Crippen LogP contribution < -0.4 is 15.8 Å². The predicted octanol–water partition coefficient (Wildman–Crippen LogP) is 1.66. The number of hydrogen-bond donors (Lipinski definition) is 2. The van der Waals surface area contributed by atoms with Gasteiger partial charge in [0.05, 0.1) is 6.04 Å². The third kappa shape index (κ3) is 5.05. The molecule has 2 rings (SSSR count). The molecule has 0 saturated carbocycles. The highest BCUT2D eigenvalue weighted by molar-refractivity contribution is 5.94. The van der Waals surface area contributed by atoms with Crippen LogP contribution in [0.1, 0.15) is 18.6 Å². The Hall–Kier alpha value is -2.12. The first-order valence-corrected chi connectivity index (χ1v) is 6.13. The maximum absolute atomic E-state index is 11.4. The van der Waals surface area contributed by atoms with E-state index in [-0.39, 0.29) is 24.9 Å². The maximum Gasteiger partial charge on any atom is 0.240 e. The molecular weight excluding hydrogens is 296 g/mol. The number of halogens is 1. The average molecular weight is 313 g/mol. The molecule has 0 saturated heterocycles. The van der Waals surface area contributed by atoms with Crippen molar-refractivity contribution < 1.29 is 14.1 Å². The first-order chi connectivity index (χ1) is 9.54. The number of nitrogens with zero attached hydrogens (tertiary/aromatic N) is 2. The van der Waals surface area contributed by atoms with Crippen LogP contribution >= 0.6 is 12.4 Å². The minimum absolute atomic E-state index is 0. The lowest BCUT2D eigenvalue weighted by atomic mass is 10.2. The van der Waals surface area contributed by atoms with Gasteiger partial charge in [-0.1, -0.05) is 5.16 Å². The molecule has 7 nitrogen and oxygen atoms in total. The van der Waals surface area contributed by atoms with Gasteiger partial charge in [-0.05, 0) is 31.2 Å². The molecule has 1 aromatic carbocycles. The first-order valence-electron chi connectivity index (χ1n) is 6.13. The minimum atomic E-state index is -0.549. The summed E-state index contributed by atoms with van der Waals surface area (Å²) >= 11 is 0. The van der Waals surface area contributed by atoms with Gasteiger partial charge in [0, 0.05) is 12.6 Å². The highest BCUT2D eigenvalue weighted by Crippen LogP contribution is 2.16. The van der Waals surface area contributed by atoms with Crippen molar-refractivity contribution in [1.82, 2.24) is 10.1 Å². The number of hydrogen-bond acceptors (Lipinski definition) is 6. The zero-order chi connectivity index (χ0) is 14.5. The van der Waals surface area contributed by atoms with E-state index in [1.165, 1.54) is 0 Å². The number of ether oxygens (including phenoxy) is 1. The van der Waals surface area contributed by atoms with Gasteiger partial charge in [0.1, 0.15) is 5.75 Å². The van der Waals surface area contributed by atoms with Crippen LogP contribution in [0.4, 0.5) is 5.69 Å². The Bertz CT molecular complexity index is 583. The van der Waals surface area contributed by atoms with Crippen LogP contribution in [0.5, 0.6) is 5.75 Å². The number of amides is 1. The third-order valence-corrected chi connectivity index (χ3v) is 2.47. The summed E-state index contributed by atoms with van der Waals surface area (Å²) < 4.78 is 10.3. The molecule has 0 bridgehead atoms. The molecule has 0 aliphatic carbocycles. The van der Waals surface area contributed by atoms with Crippen molar-refractivity contribution in [2.75, 3.05) is 5.32 Å². The average Bonchev–Trinajstić information content (AvgIpc) is 2.83. The van der Waals surface area contributed by atoms with E-state index in [0.29, 0.717) is 23.2 Å². The van der Waals surface area contributed by atoms with Gasteiger partial charge in [-0.15, -0.1) is 12.4 Å². The minimum Gasteiger partial charge on any atom is -0.485 e. The van der Waals surface area contributed by atoms with E-state index < -0.39 is 6.04 Å². The molecule has 0 aliphatic rings. The molecule has 2 aromatic rings. The van der Waals surface area contributed by atoms with Crippen molar-refractivity contribution in [3.05, 3.63) is 36.0 Å². The summed E-state index contributed by atoms with van der Waals surface area (Å²) in [6.07, 6.45) is 0. The van der Waals surface area contributed by atoms with E-state index in [1.54, 1.807) is 38.1 Å². The van der Waals surface area contributed by atoms with Crippen LogP contribution in [0, 0.1) is 6.92 Å². The van der Waals surface area contributed by atoms with E-state index in [2.05, 4.69) is 15.5 Å². The van der Waals surface area contributed by atoms with Crippen LogP contribution in [0.25, 0.3) is 0 Å². The Morgan fingerprint density at radius 3 is 2.62 bits per heavy atom. The lowest BCUT2D eigenvalue weighted by Gasteiger charge is -2.08. The predicted molar refractivity (Wildman–Crippen MR) is 79.3 cm³/mol. The molecule has 1 aromatic heterocycles. The quantitative estimate of drug-likeness (QED) is 0.870. The highest BCUT2D eigenvalue weighted by Gasteiger charge is 2.07. The van der Waals surface area contributed by atoms with Crippen LogP contribution in [0.3, 0.4) is 0 Å². The van der Waals surface area contributed by atoms with Crippen molar-refractivity contribution in [2.45, 2.75) is 26.5 Å². The number of nitrogens with two attached hydrogens (primary N) is 1. The molecule has 0 aliphatic heterocycles. The highest BCUT2D eigenvalue weighted by atomic mass is 35.5. The summed E-state index contributed by atoms with van der Waals surface area (Å²) in [5.74, 6) is 1.39. The van der Waals surface area contributed by atoms with E-state index in [9.17, 15) is 4.79 Å². The van der Waals surface area contributed by atoms with E-state index in [0.717, 1.165) is 0 Å². The van der Waals surface area contributed by atoms with Gasteiger partial charge in [0.2, 0.25) is 17.6 Å². The molecule has 114 valence electrons. The Kier molecular flexibility index (Phi) is 6.13. The standard InChI is InChI=1S/C13H16N4O3.ClH/c1-8(14)13(18)16-10-3-5-11(6-4-10)19-7-12-15-9(2)20-17-12;/h3-6,8H,7,14H2,1-2H3,(H,16,18);1H/t8-;/m1./s1. The second-order valence-electron chi connectivity index (χ2n) is 4.32. The van der Waals surface area contributed by atoms with Crippen LogP contribution in [-0.2, 0) is 11.4 Å². The maximum atomic E-state index is 11.4. The molecule has 1 amide bonds. The number of nitrogens with one attached hydrogen (secondary N) is 1. The molecule has 0 fully saturated rings. The van der Waals surface area contributed by atoms with Crippen molar-refractivity contribution in [1.29, 1.82) is 0 Å². The first kappa shape index (κ1) is 16.9. The molecule has 1 atom stereocenters. The number of carbonyl (C=O) groups excluding carboxylic acids is 1. The van der Waals surface area contributed by atoms with Crippen molar-refractivity contribution in [3.63, 3.8) is 0 Å². The SMILES string of the molecule is Cc1nc(COc2ccc(NC(=O)[C@@H](C)N)cc2)no1.Cl. The monoisotopic (exact) mass is 312 g/mol. The third-order valence-electron chi connectivity index (χ3n) is 2.47. The molecule has 0 unspecified atom stereocenters. The number of anilines is 1. The van der Waals surface area contributed by atoms with E-state index in [1.807, 2.05) is 0 Å². The fourth-order valence-electron chi connectivity index (χ4n) is 1.44. The molecular formula is C13H17ClN4O3. The normalized spacial score (nSPS) is 11.4. The summed E-state index contributed by atoms with van der Waals surface area (Å²) in [6, 6.07) is 6.40. The molecule has 8 heteroatoms. The largest absolute Gasteiger partial charge is 0.485 e. The van der Waals surface area contributed by atoms with Crippen LogP contribution in [0.2, 0.25) is 0 Å². The van der Waals surface area contributed by atoms with Gasteiger partial charge in [-0.3, -0.25) is 4.79 Å². The fourth-order valence-corrected chi connectivity index (χ4v) is 1.44. The van der Waals surface area contributed by atoms with Gasteiger partial charge in [0.15, 0.2) is 6.61 Å². The van der Waals surface area contributed by atoms with E-state index >= 15 is 0 Å². The summed E-state index contributed by atoms with van der Waals surface area (Å²) in [5, 5.41) is 6.41. The van der Waals surface area contributed by atoms with Gasteiger partial charge in [0.25, 0.3) is 0 Å². The Morgan fingerprint density at radius 1 is 1.43 bits per heavy atom. The van der Waals surface area contributed by atoms with Crippen molar-refractivity contribution >= 4 is 24.0 Å². The molecule has 0 spiro atoms. The second-order valence-corrected chi connectivity index (χ2v) is 4.32. The van der Waals surface area contributed by atoms with Gasteiger partial charge in [-0.25, -0.2) is 0 Å². The van der Waals surface area contributed by atoms with Crippen molar-refractivity contribution in [3.8, 4) is 5.75 Å². The number of aryl methyl sites for hydroxylation is 1. The second kappa shape index (κ2) is 7.61. The molecule has 0 radical (unpaired) electrons. The zero-order valence-corrected chi connectivity index (χ0v) is 12.5. The van der Waals surface area contributed by atoms with Crippen molar-refractivity contribution in [2.24, 2.45) is 5.73 Å². The zero-order valence-electron chi connectivity index (χ0n) is 11.7. The number of aromatic nitrogens is 2. The lowest BCUT2D eigenvalue weighted by molar-refractivity contribution is -0.117. The van der Waals surface area contributed by atoms with Gasteiger partial charge < -0.3 is 20.3 Å². The van der Waals surface area contributed by atoms with Crippen LogP contribution in [-0.4, -0.2) is 22.1 Å². The smallest absolute Gasteiger partial charge is 0.240 e. The summed E-state index contributed by atoms with van der Waals surface area (Å²) in [7, 11) is 0. The Balaban J connectivity index is 0.00000220. The van der Waals surface area contributed by atoms with Crippen LogP contribution in [0.15, 0.2) is 28.8 Å². The summed E-state index contributed by atoms with van der Waals surface area (Å²) in [4.78, 5) is 15.4. The fraction of sp³-hybridized carbons (Fsp3) is 0.308. The summed E-state index contributed by atoms with van der Waals surface area (Å²) in [5.41, 5.74) is 6.13. The Labute approximate surface area is 128 Å². The number of carbonyl (C=O) groups is 1. The summed E-state index contributed by atoms with van der Waals surface area (Å²) in [6.45, 7) is 3.56. The Morgan fingerprint density at radius 2 is 2.10 bits per heavy atom. The van der Waals surface area contributed by atoms with E-state index in [4.69, 9.17) is 15.0 Å². The van der Waals surface area contributed by atoms with Gasteiger partial charge >= 0.3 is 0 Å². The number of rotatable bonds is 5.